The lowest BCUT2D eigenvalue weighted by Crippen LogP contribution is -2.29. The molecular formula is C24H30N2S. The molecule has 1 unspecified atom stereocenters. The molecule has 2 nitrogen and oxygen atoms in total. The van der Waals surface area contributed by atoms with E-state index in [1.807, 2.05) is 0 Å². The molecule has 2 aromatic rings. The Balaban J connectivity index is 1.46. The van der Waals surface area contributed by atoms with Crippen molar-refractivity contribution in [2.24, 2.45) is 0 Å². The summed E-state index contributed by atoms with van der Waals surface area (Å²) in [7, 11) is 0. The highest BCUT2D eigenvalue weighted by molar-refractivity contribution is 7.97. The molecule has 0 amide bonds. The predicted octanol–water partition coefficient (Wildman–Crippen LogP) is 5.98. The van der Waals surface area contributed by atoms with Gasteiger partial charge in [-0.15, -0.1) is 0 Å². The zero-order valence-electron chi connectivity index (χ0n) is 16.2. The summed E-state index contributed by atoms with van der Waals surface area (Å²) in [5.41, 5.74) is 4.21. The first kappa shape index (κ1) is 19.9. The minimum Gasteiger partial charge on any atom is -0.315 e. The van der Waals surface area contributed by atoms with Gasteiger partial charge in [0.05, 0.1) is 6.04 Å². The van der Waals surface area contributed by atoms with Gasteiger partial charge in [0, 0.05) is 11.4 Å². The molecule has 0 aromatic heterocycles. The Morgan fingerprint density at radius 2 is 1.81 bits per heavy atom. The standard InChI is InChI=1S/C24H30N2S/c1-20-14-16-23(17-15-20)27-26-24(22-12-6-3-7-13-22)19-25-18-8-11-21-9-4-2-5-10-21/h2-4,6-7,10,12-17,24-26H,5,8-9,11,18-19H2,1H3. The van der Waals surface area contributed by atoms with Gasteiger partial charge in [-0.2, -0.15) is 0 Å². The van der Waals surface area contributed by atoms with Crippen molar-refractivity contribution in [3.63, 3.8) is 0 Å². The van der Waals surface area contributed by atoms with E-state index in [1.54, 1.807) is 17.5 Å². The molecule has 0 heterocycles. The van der Waals surface area contributed by atoms with Crippen molar-refractivity contribution in [2.75, 3.05) is 13.1 Å². The molecule has 0 saturated carbocycles. The first-order chi connectivity index (χ1) is 13.3. The van der Waals surface area contributed by atoms with Gasteiger partial charge in [-0.3, -0.25) is 4.72 Å². The highest BCUT2D eigenvalue weighted by Gasteiger charge is 2.11. The molecule has 142 valence electrons. The van der Waals surface area contributed by atoms with Gasteiger partial charge in [0.25, 0.3) is 0 Å². The Morgan fingerprint density at radius 3 is 2.56 bits per heavy atom. The van der Waals surface area contributed by atoms with Gasteiger partial charge in [-0.25, -0.2) is 0 Å². The third-order valence-corrected chi connectivity index (χ3v) is 5.74. The largest absolute Gasteiger partial charge is 0.315 e. The van der Waals surface area contributed by atoms with E-state index >= 15 is 0 Å². The molecule has 27 heavy (non-hydrogen) atoms. The van der Waals surface area contributed by atoms with Crippen molar-refractivity contribution >= 4 is 11.9 Å². The van der Waals surface area contributed by atoms with E-state index in [2.05, 4.69) is 89.8 Å². The average molecular weight is 379 g/mol. The van der Waals surface area contributed by atoms with Crippen LogP contribution in [0.25, 0.3) is 0 Å². The lowest BCUT2D eigenvalue weighted by Gasteiger charge is -2.19. The van der Waals surface area contributed by atoms with E-state index in [-0.39, 0.29) is 6.04 Å². The maximum Gasteiger partial charge on any atom is 0.0549 e. The topological polar surface area (TPSA) is 24.1 Å². The second-order valence-corrected chi connectivity index (χ2v) is 7.99. The van der Waals surface area contributed by atoms with E-state index < -0.39 is 0 Å². The van der Waals surface area contributed by atoms with Gasteiger partial charge in [0.2, 0.25) is 0 Å². The molecule has 0 radical (unpaired) electrons. The van der Waals surface area contributed by atoms with Crippen LogP contribution < -0.4 is 10.0 Å². The van der Waals surface area contributed by atoms with Crippen LogP contribution in [-0.2, 0) is 0 Å². The lowest BCUT2D eigenvalue weighted by atomic mass is 10.0. The van der Waals surface area contributed by atoms with Crippen LogP contribution in [0.3, 0.4) is 0 Å². The fraction of sp³-hybridized carbons (Fsp3) is 0.333. The van der Waals surface area contributed by atoms with Crippen LogP contribution >= 0.6 is 11.9 Å². The number of benzene rings is 2. The molecule has 0 bridgehead atoms. The first-order valence-corrected chi connectivity index (χ1v) is 10.7. The normalized spacial score (nSPS) is 14.8. The van der Waals surface area contributed by atoms with Gasteiger partial charge >= 0.3 is 0 Å². The Bertz CT molecular complexity index is 735. The zero-order chi connectivity index (χ0) is 18.7. The van der Waals surface area contributed by atoms with Gasteiger partial charge in [0.1, 0.15) is 0 Å². The summed E-state index contributed by atoms with van der Waals surface area (Å²) in [5.74, 6) is 0. The van der Waals surface area contributed by atoms with Gasteiger partial charge in [-0.1, -0.05) is 71.8 Å². The van der Waals surface area contributed by atoms with Crippen LogP contribution in [0, 0.1) is 6.92 Å². The van der Waals surface area contributed by atoms with Gasteiger partial charge < -0.3 is 5.32 Å². The van der Waals surface area contributed by atoms with Crippen molar-refractivity contribution in [1.82, 2.24) is 10.0 Å². The van der Waals surface area contributed by atoms with Crippen LogP contribution in [0.4, 0.5) is 0 Å². The minimum atomic E-state index is 0.286. The highest BCUT2D eigenvalue weighted by atomic mass is 32.2. The Labute approximate surface area is 168 Å². The third-order valence-electron chi connectivity index (χ3n) is 4.83. The maximum atomic E-state index is 3.65. The SMILES string of the molecule is Cc1ccc(SNC(CNCCCC2=CCC=CC2)c2ccccc2)cc1. The fourth-order valence-electron chi connectivity index (χ4n) is 3.20. The van der Waals surface area contributed by atoms with Crippen LogP contribution in [0.1, 0.15) is 42.9 Å². The second-order valence-electron chi connectivity index (χ2n) is 7.08. The van der Waals surface area contributed by atoms with Crippen LogP contribution in [-0.4, -0.2) is 13.1 Å². The average Bonchev–Trinajstić information content (AvgIpc) is 2.72. The molecule has 1 atom stereocenters. The smallest absolute Gasteiger partial charge is 0.0549 e. The Morgan fingerprint density at radius 1 is 1.00 bits per heavy atom. The molecule has 0 fully saturated rings. The molecule has 2 aromatic carbocycles. The Kier molecular flexibility index (Phi) is 8.22. The van der Waals surface area contributed by atoms with E-state index in [1.165, 1.54) is 28.9 Å². The summed E-state index contributed by atoms with van der Waals surface area (Å²) in [4.78, 5) is 1.25. The first-order valence-electron chi connectivity index (χ1n) is 9.89. The molecule has 0 spiro atoms. The summed E-state index contributed by atoms with van der Waals surface area (Å²) < 4.78 is 3.65. The van der Waals surface area contributed by atoms with E-state index in [4.69, 9.17) is 0 Å². The number of hydrogen-bond donors (Lipinski definition) is 2. The van der Waals surface area contributed by atoms with Gasteiger partial charge in [-0.05, 0) is 68.8 Å². The number of rotatable bonds is 10. The minimum absolute atomic E-state index is 0.286. The summed E-state index contributed by atoms with van der Waals surface area (Å²) >= 11 is 1.71. The molecule has 3 rings (SSSR count). The predicted molar refractivity (Wildman–Crippen MR) is 118 cm³/mol. The highest BCUT2D eigenvalue weighted by Crippen LogP contribution is 2.21. The number of nitrogens with one attached hydrogen (secondary N) is 2. The van der Waals surface area contributed by atoms with Crippen LogP contribution in [0.15, 0.2) is 83.3 Å². The summed E-state index contributed by atoms with van der Waals surface area (Å²) in [6.07, 6.45) is 11.6. The molecular weight excluding hydrogens is 348 g/mol. The molecule has 3 heteroatoms. The molecule has 0 saturated heterocycles. The molecule has 1 aliphatic carbocycles. The lowest BCUT2D eigenvalue weighted by molar-refractivity contribution is 0.560. The number of hydrogen-bond acceptors (Lipinski definition) is 3. The van der Waals surface area contributed by atoms with Crippen LogP contribution in [0.5, 0.6) is 0 Å². The number of aryl methyl sites for hydroxylation is 1. The van der Waals surface area contributed by atoms with Crippen LogP contribution in [0.2, 0.25) is 0 Å². The Hall–Kier alpha value is -1.81. The fourth-order valence-corrected chi connectivity index (χ4v) is 3.97. The summed E-state index contributed by atoms with van der Waals surface area (Å²) in [5, 5.41) is 3.65. The quantitative estimate of drug-likeness (QED) is 0.302. The van der Waals surface area contributed by atoms with Crippen molar-refractivity contribution in [3.05, 3.63) is 89.5 Å². The van der Waals surface area contributed by atoms with E-state index in [0.717, 1.165) is 25.9 Å². The van der Waals surface area contributed by atoms with E-state index in [9.17, 15) is 0 Å². The molecule has 0 aliphatic heterocycles. The second kappa shape index (κ2) is 11.1. The monoisotopic (exact) mass is 378 g/mol. The summed E-state index contributed by atoms with van der Waals surface area (Å²) in [6, 6.07) is 19.7. The molecule has 1 aliphatic rings. The zero-order valence-corrected chi connectivity index (χ0v) is 17.0. The van der Waals surface area contributed by atoms with Crippen molar-refractivity contribution in [2.45, 2.75) is 43.5 Å². The van der Waals surface area contributed by atoms with Crippen molar-refractivity contribution in [1.29, 1.82) is 0 Å². The van der Waals surface area contributed by atoms with Crippen molar-refractivity contribution in [3.8, 4) is 0 Å². The van der Waals surface area contributed by atoms with E-state index in [0.29, 0.717) is 0 Å². The maximum absolute atomic E-state index is 3.65. The third kappa shape index (κ3) is 7.02. The summed E-state index contributed by atoms with van der Waals surface area (Å²) in [6.45, 7) is 4.11. The van der Waals surface area contributed by atoms with Gasteiger partial charge in [0.15, 0.2) is 0 Å². The number of allylic oxidation sites excluding steroid dienone is 4. The van der Waals surface area contributed by atoms with Crippen molar-refractivity contribution < 1.29 is 0 Å². The molecule has 2 N–H and O–H groups in total.